The number of rotatable bonds is 14. The van der Waals surface area contributed by atoms with Crippen LogP contribution in [0.2, 0.25) is 0 Å². The van der Waals surface area contributed by atoms with E-state index in [2.05, 4.69) is 20.6 Å². The number of imide groups is 2. The second-order valence-corrected chi connectivity index (χ2v) is 14.7. The van der Waals surface area contributed by atoms with Crippen LogP contribution in [0.1, 0.15) is 51.6 Å². The molecule has 61 heavy (non-hydrogen) atoms. The van der Waals surface area contributed by atoms with E-state index in [0.29, 0.717) is 11.1 Å². The molecular weight excluding hydrogens is 783 g/mol. The van der Waals surface area contributed by atoms with Crippen molar-refractivity contribution in [3.05, 3.63) is 149 Å². The Kier molecular flexibility index (Phi) is 12.2. The maximum Gasteiger partial charge on any atom is 0.338 e. The largest absolute Gasteiger partial charge is 0.469 e. The highest BCUT2D eigenvalue weighted by Gasteiger charge is 2.54. The van der Waals surface area contributed by atoms with Gasteiger partial charge in [0.2, 0.25) is 17.7 Å². The minimum absolute atomic E-state index is 0.120. The number of hydrogen-bond acceptors (Lipinski definition) is 12. The van der Waals surface area contributed by atoms with E-state index in [4.69, 9.17) is 26.7 Å². The lowest BCUT2D eigenvalue weighted by atomic mass is 9.82. The van der Waals surface area contributed by atoms with Crippen LogP contribution in [0, 0.1) is 11.8 Å². The van der Waals surface area contributed by atoms with Crippen LogP contribution in [0.15, 0.2) is 122 Å². The van der Waals surface area contributed by atoms with Gasteiger partial charge in [-0.1, -0.05) is 60.7 Å². The topological polar surface area (TPSA) is 255 Å². The van der Waals surface area contributed by atoms with Crippen molar-refractivity contribution < 1.29 is 38.2 Å². The van der Waals surface area contributed by atoms with Crippen LogP contribution in [-0.2, 0) is 32.0 Å². The third kappa shape index (κ3) is 9.25. The fourth-order valence-corrected chi connectivity index (χ4v) is 7.37. The van der Waals surface area contributed by atoms with Gasteiger partial charge in [0.05, 0.1) is 29.5 Å². The molecular formula is C44H43N9O8. The molecule has 4 heterocycles. The Hall–Kier alpha value is -7.82. The van der Waals surface area contributed by atoms with Crippen LogP contribution < -0.4 is 32.6 Å². The Morgan fingerprint density at radius 1 is 0.705 bits per heavy atom. The summed E-state index contributed by atoms with van der Waals surface area (Å²) < 4.78 is 11.9. The SMILES string of the molecule is C[C@@H](NC(=O)N1C(=O)[C@H](Cc2ccnc(N)c2)[C@H]1Oc1ccc(C(=O)OC[C@@H](NC(=O)N2C(=O)[C@H](Cc3ccnc(N)c3)[C@H]2C(N)=O)c2ccccc2)cc1)c1ccccc1. The Balaban J connectivity index is 1.01. The van der Waals surface area contributed by atoms with Crippen LogP contribution in [0.3, 0.4) is 0 Å². The molecule has 0 spiro atoms. The number of anilines is 2. The summed E-state index contributed by atoms with van der Waals surface area (Å²) in [5, 5.41) is 5.58. The van der Waals surface area contributed by atoms with Crippen molar-refractivity contribution in [2.24, 2.45) is 17.6 Å². The smallest absolute Gasteiger partial charge is 0.338 e. The number of β-lactam (4-membered cyclic amide) rings is 2. The molecule has 312 valence electrons. The molecule has 17 heteroatoms. The number of carbonyl (C=O) groups excluding carboxylic acids is 6. The summed E-state index contributed by atoms with van der Waals surface area (Å²) in [4.78, 5) is 89.3. The van der Waals surface area contributed by atoms with Gasteiger partial charge in [0, 0.05) is 12.4 Å². The summed E-state index contributed by atoms with van der Waals surface area (Å²) in [5.41, 5.74) is 20.2. The number of pyridine rings is 2. The number of aromatic nitrogens is 2. The van der Waals surface area contributed by atoms with E-state index in [0.717, 1.165) is 20.9 Å². The molecule has 2 aliphatic heterocycles. The van der Waals surface area contributed by atoms with Gasteiger partial charge >= 0.3 is 18.0 Å². The van der Waals surface area contributed by atoms with Gasteiger partial charge in [-0.25, -0.2) is 29.3 Å². The lowest BCUT2D eigenvalue weighted by molar-refractivity contribution is -0.166. The van der Waals surface area contributed by atoms with Gasteiger partial charge in [-0.3, -0.25) is 19.3 Å². The van der Waals surface area contributed by atoms with E-state index < -0.39 is 71.9 Å². The maximum absolute atomic E-state index is 13.5. The predicted molar refractivity (Wildman–Crippen MR) is 221 cm³/mol. The molecule has 2 aromatic heterocycles. The molecule has 0 bridgehead atoms. The number of primary amides is 1. The molecule has 7 rings (SSSR count). The van der Waals surface area contributed by atoms with Crippen molar-refractivity contribution in [1.82, 2.24) is 30.4 Å². The van der Waals surface area contributed by atoms with Gasteiger partial charge in [-0.05, 0) is 90.6 Å². The van der Waals surface area contributed by atoms with Crippen LogP contribution in [-0.4, -0.2) is 74.4 Å². The van der Waals surface area contributed by atoms with E-state index >= 15 is 0 Å². The monoisotopic (exact) mass is 825 g/mol. The van der Waals surface area contributed by atoms with Crippen LogP contribution in [0.25, 0.3) is 0 Å². The minimum atomic E-state index is -1.22. The van der Waals surface area contributed by atoms with Crippen molar-refractivity contribution in [3.63, 3.8) is 0 Å². The molecule has 8 N–H and O–H groups in total. The maximum atomic E-state index is 13.5. The number of likely N-dealkylation sites (tertiary alicyclic amines) is 2. The Morgan fingerprint density at radius 3 is 1.82 bits per heavy atom. The normalized spacial score (nSPS) is 19.1. The number of benzene rings is 3. The van der Waals surface area contributed by atoms with Crippen molar-refractivity contribution in [1.29, 1.82) is 0 Å². The minimum Gasteiger partial charge on any atom is -0.469 e. The van der Waals surface area contributed by atoms with E-state index in [9.17, 15) is 28.8 Å². The first-order valence-electron chi connectivity index (χ1n) is 19.4. The van der Waals surface area contributed by atoms with Crippen LogP contribution >= 0.6 is 0 Å². The third-order valence-electron chi connectivity index (χ3n) is 10.6. The Bertz CT molecular complexity index is 2440. The average Bonchev–Trinajstić information content (AvgIpc) is 3.25. The van der Waals surface area contributed by atoms with Gasteiger partial charge in [0.25, 0.3) is 0 Å². The lowest BCUT2D eigenvalue weighted by Crippen LogP contribution is -2.70. The molecule has 7 amide bonds. The molecule has 5 aromatic rings. The van der Waals surface area contributed by atoms with E-state index in [1.165, 1.54) is 36.7 Å². The fraction of sp³-hybridized carbons (Fsp3) is 0.227. The number of nitrogens with two attached hydrogens (primary N) is 3. The second kappa shape index (κ2) is 18.0. The molecule has 6 atom stereocenters. The highest BCUT2D eigenvalue weighted by atomic mass is 16.5. The quantitative estimate of drug-likeness (QED) is 0.0794. The number of carbonyl (C=O) groups is 6. The summed E-state index contributed by atoms with van der Waals surface area (Å²) in [5.74, 6) is -3.45. The molecule has 2 fully saturated rings. The summed E-state index contributed by atoms with van der Waals surface area (Å²) in [6.07, 6.45) is 2.37. The first-order valence-corrected chi connectivity index (χ1v) is 19.4. The highest BCUT2D eigenvalue weighted by Crippen LogP contribution is 2.34. The average molecular weight is 826 g/mol. The molecule has 0 aliphatic carbocycles. The number of amides is 7. The molecule has 3 aromatic carbocycles. The van der Waals surface area contributed by atoms with Crippen molar-refractivity contribution in [2.45, 2.75) is 44.1 Å². The van der Waals surface area contributed by atoms with Crippen LogP contribution in [0.5, 0.6) is 5.75 Å². The zero-order valence-electron chi connectivity index (χ0n) is 32.9. The predicted octanol–water partition coefficient (Wildman–Crippen LogP) is 3.68. The van der Waals surface area contributed by atoms with E-state index in [1.54, 1.807) is 54.6 Å². The van der Waals surface area contributed by atoms with Crippen molar-refractivity contribution >= 4 is 47.4 Å². The zero-order chi connectivity index (χ0) is 43.2. The first kappa shape index (κ1) is 41.3. The zero-order valence-corrected chi connectivity index (χ0v) is 32.9. The number of hydrogen-bond donors (Lipinski definition) is 5. The summed E-state index contributed by atoms with van der Waals surface area (Å²) >= 11 is 0. The van der Waals surface area contributed by atoms with Gasteiger partial charge in [0.1, 0.15) is 30.0 Å². The Labute approximate surface area is 350 Å². The first-order chi connectivity index (χ1) is 29.4. The number of ether oxygens (including phenoxy) is 2. The van der Waals surface area contributed by atoms with Crippen LogP contribution in [0.4, 0.5) is 21.2 Å². The molecule has 0 unspecified atom stereocenters. The van der Waals surface area contributed by atoms with E-state index in [1.807, 2.05) is 37.3 Å². The number of nitrogens with zero attached hydrogens (tertiary/aromatic N) is 4. The van der Waals surface area contributed by atoms with Gasteiger partial charge in [-0.2, -0.15) is 0 Å². The molecule has 2 aliphatic rings. The number of nitrogen functional groups attached to an aromatic ring is 2. The fourth-order valence-electron chi connectivity index (χ4n) is 7.37. The number of esters is 1. The number of urea groups is 2. The number of nitrogens with one attached hydrogen (secondary N) is 2. The second-order valence-electron chi connectivity index (χ2n) is 14.7. The molecule has 2 saturated heterocycles. The summed E-state index contributed by atoms with van der Waals surface area (Å²) in [6.45, 7) is 1.47. The standard InChI is InChI=1S/C44H43N9O8/c1-25(28-8-4-2-5-9-28)50-43(58)53-40(56)33(21-27-17-19-49-36(46)23-27)41(53)61-31-14-12-30(13-15-31)42(57)60-24-34(29-10-6-3-7-11-29)51-44(59)52-37(38(47)54)32(39(52)55)20-26-16-18-48-35(45)22-26/h2-19,22-23,25,32-34,37,41H,20-21,24H2,1H3,(H2,45,48)(H2,46,49)(H2,47,54)(H,50,58)(H,51,59)/t25-,32-,33+,34-,37+,41-/m1/s1. The highest BCUT2D eigenvalue weighted by molar-refractivity contribution is 6.08. The third-order valence-corrected chi connectivity index (χ3v) is 10.6. The molecule has 17 nitrogen and oxygen atoms in total. The lowest BCUT2D eigenvalue weighted by Gasteiger charge is -2.45. The van der Waals surface area contributed by atoms with Crippen molar-refractivity contribution in [2.75, 3.05) is 18.1 Å². The Morgan fingerprint density at radius 2 is 1.25 bits per heavy atom. The molecule has 0 saturated carbocycles. The van der Waals surface area contributed by atoms with Gasteiger partial charge in [0.15, 0.2) is 6.23 Å². The summed E-state index contributed by atoms with van der Waals surface area (Å²) in [6, 6.07) is 26.4. The van der Waals surface area contributed by atoms with Crippen molar-refractivity contribution in [3.8, 4) is 5.75 Å². The summed E-state index contributed by atoms with van der Waals surface area (Å²) in [7, 11) is 0. The molecule has 0 radical (unpaired) electrons. The van der Waals surface area contributed by atoms with E-state index in [-0.39, 0.29) is 42.4 Å². The van der Waals surface area contributed by atoms with Gasteiger partial charge < -0.3 is 37.3 Å². The van der Waals surface area contributed by atoms with Gasteiger partial charge in [-0.15, -0.1) is 0 Å².